The van der Waals surface area contributed by atoms with Gasteiger partial charge in [-0.15, -0.1) is 0 Å². The molecule has 0 saturated carbocycles. The molecule has 1 aliphatic rings. The number of carbonyl (C=O) groups excluding carboxylic acids is 1. The molecular formula is C21H24ClN3O4. The molecule has 8 heteroatoms. The molecule has 0 radical (unpaired) electrons. The highest BCUT2D eigenvalue weighted by Crippen LogP contribution is 2.22. The first kappa shape index (κ1) is 22.3. The van der Waals surface area contributed by atoms with Gasteiger partial charge in [-0.2, -0.15) is 5.06 Å². The second kappa shape index (κ2) is 11.7. The molecule has 2 rings (SSSR count). The van der Waals surface area contributed by atoms with E-state index in [4.69, 9.17) is 31.3 Å². The number of rotatable bonds is 8. The van der Waals surface area contributed by atoms with Gasteiger partial charge in [0.15, 0.2) is 5.90 Å². The monoisotopic (exact) mass is 417 g/mol. The molecule has 0 saturated heterocycles. The lowest BCUT2D eigenvalue weighted by Gasteiger charge is -2.21. The molecule has 0 fully saturated rings. The third-order valence-electron chi connectivity index (χ3n) is 3.88. The Balaban J connectivity index is 1.86. The molecule has 0 aromatic heterocycles. The van der Waals surface area contributed by atoms with E-state index >= 15 is 0 Å². The Morgan fingerprint density at radius 2 is 2.07 bits per heavy atom. The van der Waals surface area contributed by atoms with Gasteiger partial charge in [-0.3, -0.25) is 10.2 Å². The van der Waals surface area contributed by atoms with E-state index in [9.17, 15) is 4.79 Å². The molecular weight excluding hydrogens is 394 g/mol. The van der Waals surface area contributed by atoms with E-state index in [1.165, 1.54) is 14.2 Å². The van der Waals surface area contributed by atoms with Crippen LogP contribution in [0.1, 0.15) is 18.4 Å². The second-order valence-electron chi connectivity index (χ2n) is 5.86. The van der Waals surface area contributed by atoms with E-state index in [0.29, 0.717) is 22.7 Å². The van der Waals surface area contributed by atoms with E-state index in [1.807, 2.05) is 30.4 Å². The standard InChI is InChI=1S/C21H24ClN3O4/c1-27-21(26)25(28-2)19-10-4-3-7-16(19)15-29-20(23)11-6-14-24-18-9-5-8-17(22)12-13-18/h3-4,6-10,12-14,23-24H,5,11,15H2,1-2H3/b14-6-,23-20?. The summed E-state index contributed by atoms with van der Waals surface area (Å²) in [5.74, 6) is 0.0926. The van der Waals surface area contributed by atoms with Gasteiger partial charge in [0.2, 0.25) is 0 Å². The van der Waals surface area contributed by atoms with Gasteiger partial charge in [0.05, 0.1) is 19.9 Å². The van der Waals surface area contributed by atoms with Gasteiger partial charge in [-0.25, -0.2) is 4.79 Å². The van der Waals surface area contributed by atoms with Crippen LogP contribution in [0.5, 0.6) is 0 Å². The van der Waals surface area contributed by atoms with Crippen LogP contribution in [0.25, 0.3) is 0 Å². The second-order valence-corrected chi connectivity index (χ2v) is 6.29. The fraction of sp³-hybridized carbons (Fsp3) is 0.238. The summed E-state index contributed by atoms with van der Waals surface area (Å²) in [5.41, 5.74) is 2.10. The number of hydrogen-bond acceptors (Lipinski definition) is 6. The van der Waals surface area contributed by atoms with E-state index in [-0.39, 0.29) is 12.5 Å². The lowest BCUT2D eigenvalue weighted by Crippen LogP contribution is -2.30. The first-order valence-electron chi connectivity index (χ1n) is 8.91. The quantitative estimate of drug-likeness (QED) is 0.361. The van der Waals surface area contributed by atoms with Crippen LogP contribution in [0.15, 0.2) is 71.6 Å². The van der Waals surface area contributed by atoms with Gasteiger partial charge in [0.1, 0.15) is 6.61 Å². The number of halogens is 1. The molecule has 0 aliphatic heterocycles. The molecule has 2 N–H and O–H groups in total. The van der Waals surface area contributed by atoms with Crippen LogP contribution in [0.2, 0.25) is 0 Å². The number of ether oxygens (including phenoxy) is 2. The minimum absolute atomic E-state index is 0.0926. The Hall–Kier alpha value is -3.03. The van der Waals surface area contributed by atoms with Crippen LogP contribution < -0.4 is 10.4 Å². The number of allylic oxidation sites excluding steroid dienone is 5. The molecule has 0 unspecified atom stereocenters. The van der Waals surface area contributed by atoms with Gasteiger partial charge in [-0.1, -0.05) is 48.0 Å². The highest BCUT2D eigenvalue weighted by molar-refractivity contribution is 6.31. The fourth-order valence-corrected chi connectivity index (χ4v) is 2.59. The summed E-state index contributed by atoms with van der Waals surface area (Å²) in [5, 5.41) is 12.8. The summed E-state index contributed by atoms with van der Waals surface area (Å²) in [6.07, 6.45) is 11.6. The number of carbonyl (C=O) groups is 1. The van der Waals surface area contributed by atoms with Crippen LogP contribution in [-0.2, 0) is 20.9 Å². The summed E-state index contributed by atoms with van der Waals surface area (Å²) in [6, 6.07) is 7.09. The SMILES string of the molecule is COC(=O)N(OC)c1ccccc1COC(=N)C/C=C\NC1=CCC=C(Cl)C=C1. The van der Waals surface area contributed by atoms with Gasteiger partial charge in [-0.05, 0) is 30.8 Å². The third-order valence-corrected chi connectivity index (χ3v) is 4.16. The van der Waals surface area contributed by atoms with Crippen molar-refractivity contribution in [3.8, 4) is 0 Å². The maximum absolute atomic E-state index is 11.8. The van der Waals surface area contributed by atoms with Crippen molar-refractivity contribution in [1.82, 2.24) is 5.32 Å². The average molecular weight is 418 g/mol. The number of nitrogens with zero attached hydrogens (tertiary/aromatic N) is 1. The number of nitrogens with one attached hydrogen (secondary N) is 2. The number of methoxy groups -OCH3 is 1. The highest BCUT2D eigenvalue weighted by Gasteiger charge is 2.19. The molecule has 1 aliphatic carbocycles. The van der Waals surface area contributed by atoms with Gasteiger partial charge >= 0.3 is 6.09 Å². The van der Waals surface area contributed by atoms with Crippen LogP contribution in [0, 0.1) is 5.41 Å². The van der Waals surface area contributed by atoms with Crippen molar-refractivity contribution in [3.63, 3.8) is 0 Å². The van der Waals surface area contributed by atoms with Crippen molar-refractivity contribution in [2.75, 3.05) is 19.3 Å². The summed E-state index contributed by atoms with van der Waals surface area (Å²) >= 11 is 5.95. The molecule has 1 aromatic rings. The Kier molecular flexibility index (Phi) is 9.01. The zero-order valence-electron chi connectivity index (χ0n) is 16.4. The Labute approximate surface area is 175 Å². The first-order valence-corrected chi connectivity index (χ1v) is 9.28. The van der Waals surface area contributed by atoms with Crippen molar-refractivity contribution in [2.45, 2.75) is 19.4 Å². The smallest absolute Gasteiger partial charge is 0.438 e. The molecule has 154 valence electrons. The zero-order valence-corrected chi connectivity index (χ0v) is 17.1. The Morgan fingerprint density at radius 3 is 2.83 bits per heavy atom. The minimum Gasteiger partial charge on any atom is -0.476 e. The maximum atomic E-state index is 11.8. The predicted octanol–water partition coefficient (Wildman–Crippen LogP) is 4.77. The molecule has 0 heterocycles. The number of benzene rings is 1. The highest BCUT2D eigenvalue weighted by atomic mass is 35.5. The van der Waals surface area contributed by atoms with Crippen LogP contribution in [0.4, 0.5) is 10.5 Å². The van der Waals surface area contributed by atoms with E-state index in [2.05, 4.69) is 5.32 Å². The van der Waals surface area contributed by atoms with Gasteiger partial charge < -0.3 is 14.8 Å². The Morgan fingerprint density at radius 1 is 1.28 bits per heavy atom. The van der Waals surface area contributed by atoms with Crippen LogP contribution in [0.3, 0.4) is 0 Å². The third kappa shape index (κ3) is 7.14. The summed E-state index contributed by atoms with van der Waals surface area (Å²) in [7, 11) is 2.65. The van der Waals surface area contributed by atoms with E-state index in [0.717, 1.165) is 17.2 Å². The summed E-state index contributed by atoms with van der Waals surface area (Å²) in [6.45, 7) is 0.116. The fourth-order valence-electron chi connectivity index (χ4n) is 2.44. The predicted molar refractivity (Wildman–Crippen MR) is 114 cm³/mol. The van der Waals surface area contributed by atoms with Crippen molar-refractivity contribution in [1.29, 1.82) is 5.41 Å². The largest absolute Gasteiger partial charge is 0.476 e. The van der Waals surface area contributed by atoms with Gasteiger partial charge in [0, 0.05) is 22.7 Å². The average Bonchev–Trinajstić information content (AvgIpc) is 2.94. The maximum Gasteiger partial charge on any atom is 0.438 e. The normalized spacial score (nSPS) is 13.3. The Bertz CT molecular complexity index is 846. The number of hydroxylamine groups is 1. The molecule has 0 atom stereocenters. The van der Waals surface area contributed by atoms with Crippen LogP contribution >= 0.6 is 11.6 Å². The molecule has 1 aromatic carbocycles. The number of amides is 1. The number of para-hydroxylation sites is 1. The molecule has 1 amide bonds. The zero-order chi connectivity index (χ0) is 21.1. The van der Waals surface area contributed by atoms with Crippen molar-refractivity contribution in [2.24, 2.45) is 0 Å². The van der Waals surface area contributed by atoms with E-state index in [1.54, 1.807) is 30.5 Å². The number of anilines is 1. The summed E-state index contributed by atoms with van der Waals surface area (Å²) < 4.78 is 10.2. The van der Waals surface area contributed by atoms with Crippen molar-refractivity contribution < 1.29 is 19.1 Å². The molecule has 29 heavy (non-hydrogen) atoms. The topological polar surface area (TPSA) is 83.9 Å². The first-order chi connectivity index (χ1) is 14.0. The number of hydrogen-bond donors (Lipinski definition) is 2. The van der Waals surface area contributed by atoms with Crippen molar-refractivity contribution in [3.05, 3.63) is 77.1 Å². The van der Waals surface area contributed by atoms with Crippen molar-refractivity contribution >= 4 is 29.3 Å². The minimum atomic E-state index is -0.651. The van der Waals surface area contributed by atoms with E-state index < -0.39 is 6.09 Å². The van der Waals surface area contributed by atoms with Gasteiger partial charge in [0.25, 0.3) is 0 Å². The molecule has 7 nitrogen and oxygen atoms in total. The molecule has 0 spiro atoms. The van der Waals surface area contributed by atoms with Crippen LogP contribution in [-0.4, -0.2) is 26.2 Å². The summed E-state index contributed by atoms with van der Waals surface area (Å²) in [4.78, 5) is 16.9. The lowest BCUT2D eigenvalue weighted by atomic mass is 10.2. The lowest BCUT2D eigenvalue weighted by molar-refractivity contribution is 0.115. The molecule has 0 bridgehead atoms.